The largest absolute Gasteiger partial charge is 0.505 e. The van der Waals surface area contributed by atoms with Crippen molar-refractivity contribution in [3.63, 3.8) is 0 Å². The van der Waals surface area contributed by atoms with Crippen LogP contribution in [-0.2, 0) is 9.53 Å². The summed E-state index contributed by atoms with van der Waals surface area (Å²) in [5, 5.41) is 20.6. The van der Waals surface area contributed by atoms with Crippen molar-refractivity contribution in [1.29, 1.82) is 0 Å². The Balaban J connectivity index is 2.20. The average molecular weight is 420 g/mol. The number of phenols is 1. The van der Waals surface area contributed by atoms with E-state index < -0.39 is 35.6 Å². The number of hydroxylamine groups is 1. The number of anilines is 1. The van der Waals surface area contributed by atoms with E-state index in [2.05, 4.69) is 5.32 Å². The molecule has 154 valence electrons. The molecule has 2 aromatic carbocycles. The molecular weight excluding hydrogens is 399 g/mol. The van der Waals surface area contributed by atoms with Crippen LogP contribution in [0.4, 0.5) is 14.9 Å². The second-order valence-corrected chi connectivity index (χ2v) is 6.96. The fraction of sp³-hybridized carbons (Fsp3) is 0.200. The zero-order chi connectivity index (χ0) is 21.4. The Kier molecular flexibility index (Phi) is 8.05. The van der Waals surface area contributed by atoms with Crippen LogP contribution in [0.1, 0.15) is 18.6 Å². The number of hydrogen-bond donors (Lipinski definition) is 4. The molecule has 0 saturated heterocycles. The SMILES string of the molecule is CSc1ccc(NC(=O)O[C@@H](c2ccc(O)c(F)c2)[C@@H](C)/C=C/C(=O)NO)cc1. The summed E-state index contributed by atoms with van der Waals surface area (Å²) in [4.78, 5) is 24.6. The van der Waals surface area contributed by atoms with E-state index in [1.165, 1.54) is 17.6 Å². The highest BCUT2D eigenvalue weighted by Gasteiger charge is 2.23. The van der Waals surface area contributed by atoms with Crippen LogP contribution in [0.3, 0.4) is 0 Å². The number of aromatic hydroxyl groups is 1. The second-order valence-electron chi connectivity index (χ2n) is 6.08. The van der Waals surface area contributed by atoms with Gasteiger partial charge in [-0.15, -0.1) is 11.8 Å². The average Bonchev–Trinajstić information content (AvgIpc) is 2.72. The van der Waals surface area contributed by atoms with Crippen LogP contribution in [0.5, 0.6) is 5.75 Å². The number of thioether (sulfide) groups is 1. The molecule has 0 saturated carbocycles. The lowest BCUT2D eigenvalue weighted by Crippen LogP contribution is -2.22. The molecule has 0 aliphatic heterocycles. The summed E-state index contributed by atoms with van der Waals surface area (Å²) in [6, 6.07) is 10.7. The van der Waals surface area contributed by atoms with Crippen molar-refractivity contribution in [1.82, 2.24) is 5.48 Å². The van der Waals surface area contributed by atoms with Crippen LogP contribution in [0.15, 0.2) is 59.5 Å². The van der Waals surface area contributed by atoms with Crippen molar-refractivity contribution < 1.29 is 29.0 Å². The molecule has 2 amide bonds. The lowest BCUT2D eigenvalue weighted by molar-refractivity contribution is -0.124. The van der Waals surface area contributed by atoms with Gasteiger partial charge in [0, 0.05) is 22.6 Å². The van der Waals surface area contributed by atoms with Gasteiger partial charge in [0.05, 0.1) is 0 Å². The molecule has 0 spiro atoms. The van der Waals surface area contributed by atoms with Gasteiger partial charge in [0.15, 0.2) is 11.6 Å². The predicted molar refractivity (Wildman–Crippen MR) is 107 cm³/mol. The van der Waals surface area contributed by atoms with Gasteiger partial charge in [-0.05, 0) is 48.2 Å². The normalized spacial score (nSPS) is 13.0. The number of hydrogen-bond acceptors (Lipinski definition) is 6. The third-order valence-electron chi connectivity index (χ3n) is 4.01. The minimum atomic E-state index is -0.960. The molecule has 4 N–H and O–H groups in total. The van der Waals surface area contributed by atoms with Crippen LogP contribution in [0, 0.1) is 11.7 Å². The highest BCUT2D eigenvalue weighted by Crippen LogP contribution is 2.30. The monoisotopic (exact) mass is 420 g/mol. The third-order valence-corrected chi connectivity index (χ3v) is 4.75. The van der Waals surface area contributed by atoms with E-state index >= 15 is 0 Å². The molecule has 29 heavy (non-hydrogen) atoms. The van der Waals surface area contributed by atoms with Crippen LogP contribution in [-0.4, -0.2) is 28.6 Å². The Bertz CT molecular complexity index is 889. The second kappa shape index (κ2) is 10.5. The van der Waals surface area contributed by atoms with Crippen molar-refractivity contribution in [2.45, 2.75) is 17.9 Å². The van der Waals surface area contributed by atoms with Gasteiger partial charge < -0.3 is 9.84 Å². The summed E-state index contributed by atoms with van der Waals surface area (Å²) in [5.41, 5.74) is 2.26. The smallest absolute Gasteiger partial charge is 0.412 e. The molecule has 0 aliphatic carbocycles. The molecule has 0 radical (unpaired) electrons. The first kappa shape index (κ1) is 22.3. The van der Waals surface area contributed by atoms with Gasteiger partial charge >= 0.3 is 6.09 Å². The summed E-state index contributed by atoms with van der Waals surface area (Å²) in [7, 11) is 0. The number of phenolic OH excluding ortho intramolecular Hbond substituents is 1. The topological polar surface area (TPSA) is 108 Å². The number of amides is 2. The van der Waals surface area contributed by atoms with Crippen LogP contribution >= 0.6 is 11.8 Å². The van der Waals surface area contributed by atoms with E-state index in [1.54, 1.807) is 30.8 Å². The number of carbonyl (C=O) groups is 2. The fourth-order valence-electron chi connectivity index (χ4n) is 2.49. The molecule has 0 aromatic heterocycles. The van der Waals surface area contributed by atoms with Crippen molar-refractivity contribution in [2.24, 2.45) is 5.92 Å². The summed E-state index contributed by atoms with van der Waals surface area (Å²) >= 11 is 1.56. The summed E-state index contributed by atoms with van der Waals surface area (Å²) < 4.78 is 19.3. The Morgan fingerprint density at radius 2 is 1.90 bits per heavy atom. The molecule has 9 heteroatoms. The number of nitrogens with one attached hydrogen (secondary N) is 2. The van der Waals surface area contributed by atoms with Crippen molar-refractivity contribution in [3.05, 3.63) is 66.0 Å². The van der Waals surface area contributed by atoms with Crippen LogP contribution < -0.4 is 10.8 Å². The lowest BCUT2D eigenvalue weighted by atomic mass is 9.96. The van der Waals surface area contributed by atoms with E-state index in [9.17, 15) is 19.1 Å². The zero-order valence-corrected chi connectivity index (χ0v) is 16.6. The Morgan fingerprint density at radius 3 is 2.48 bits per heavy atom. The first-order valence-electron chi connectivity index (χ1n) is 8.56. The van der Waals surface area contributed by atoms with Gasteiger partial charge in [-0.1, -0.05) is 19.1 Å². The molecule has 0 heterocycles. The van der Waals surface area contributed by atoms with E-state index in [-0.39, 0.29) is 5.56 Å². The number of carbonyl (C=O) groups excluding carboxylic acids is 2. The van der Waals surface area contributed by atoms with Crippen molar-refractivity contribution >= 4 is 29.4 Å². The Labute approximate surface area is 171 Å². The minimum absolute atomic E-state index is 0.287. The molecule has 0 bridgehead atoms. The molecule has 0 aliphatic rings. The maximum atomic E-state index is 13.8. The standard InChI is InChI=1S/C20H21FN2O5S/c1-12(3-10-18(25)23-27)19(13-4-9-17(24)16(21)11-13)28-20(26)22-14-5-7-15(29-2)8-6-14/h3-12,19,24,27H,1-2H3,(H,22,26)(H,23,25)/b10-3+/t12-,19+/m0/s1. The highest BCUT2D eigenvalue weighted by atomic mass is 32.2. The number of ether oxygens (including phenoxy) is 1. The van der Waals surface area contributed by atoms with E-state index in [0.717, 1.165) is 23.1 Å². The molecule has 2 aromatic rings. The highest BCUT2D eigenvalue weighted by molar-refractivity contribution is 7.98. The quantitative estimate of drug-likeness (QED) is 0.231. The molecular formula is C20H21FN2O5S. The van der Waals surface area contributed by atoms with E-state index in [4.69, 9.17) is 9.94 Å². The predicted octanol–water partition coefficient (Wildman–Crippen LogP) is 4.24. The summed E-state index contributed by atoms with van der Waals surface area (Å²) in [5.74, 6) is -2.71. The van der Waals surface area contributed by atoms with Crippen LogP contribution in [0.25, 0.3) is 0 Å². The molecule has 0 unspecified atom stereocenters. The van der Waals surface area contributed by atoms with Gasteiger partial charge in [0.2, 0.25) is 0 Å². The maximum Gasteiger partial charge on any atom is 0.412 e. The number of benzene rings is 2. The molecule has 2 atom stereocenters. The Morgan fingerprint density at radius 1 is 1.21 bits per heavy atom. The van der Waals surface area contributed by atoms with E-state index in [1.807, 2.05) is 18.4 Å². The number of rotatable bonds is 7. The van der Waals surface area contributed by atoms with Gasteiger partial charge in [0.25, 0.3) is 5.91 Å². The first-order valence-corrected chi connectivity index (χ1v) is 9.79. The van der Waals surface area contributed by atoms with Crippen molar-refractivity contribution in [2.75, 3.05) is 11.6 Å². The summed E-state index contributed by atoms with van der Waals surface area (Å²) in [6.45, 7) is 1.65. The fourth-order valence-corrected chi connectivity index (χ4v) is 2.90. The molecule has 7 nitrogen and oxygen atoms in total. The Hall–Kier alpha value is -3.04. The first-order chi connectivity index (χ1) is 13.8. The van der Waals surface area contributed by atoms with Crippen molar-refractivity contribution in [3.8, 4) is 5.75 Å². The van der Waals surface area contributed by atoms with Gasteiger partial charge in [0.1, 0.15) is 6.10 Å². The lowest BCUT2D eigenvalue weighted by Gasteiger charge is -2.23. The zero-order valence-electron chi connectivity index (χ0n) is 15.8. The van der Waals surface area contributed by atoms with Gasteiger partial charge in [-0.25, -0.2) is 14.7 Å². The third kappa shape index (κ3) is 6.51. The van der Waals surface area contributed by atoms with E-state index in [0.29, 0.717) is 5.69 Å². The molecule has 0 fully saturated rings. The molecule has 2 rings (SSSR count). The van der Waals surface area contributed by atoms with Crippen LogP contribution in [0.2, 0.25) is 0 Å². The maximum absolute atomic E-state index is 13.8. The van der Waals surface area contributed by atoms with Gasteiger partial charge in [-0.3, -0.25) is 15.3 Å². The number of halogens is 1. The summed E-state index contributed by atoms with van der Waals surface area (Å²) in [6.07, 6.45) is 2.67. The minimum Gasteiger partial charge on any atom is -0.505 e. The van der Waals surface area contributed by atoms with Gasteiger partial charge in [-0.2, -0.15) is 0 Å².